The molecule has 0 radical (unpaired) electrons. The van der Waals surface area contributed by atoms with Crippen LogP contribution in [0.2, 0.25) is 0 Å². The van der Waals surface area contributed by atoms with Gasteiger partial charge in [-0.1, -0.05) is 12.1 Å². The van der Waals surface area contributed by atoms with E-state index in [2.05, 4.69) is 5.32 Å². The molecule has 0 bridgehead atoms. The molecule has 1 rings (SSSR count). The molecule has 0 saturated carbocycles. The quantitative estimate of drug-likeness (QED) is 0.822. The summed E-state index contributed by atoms with van der Waals surface area (Å²) in [5, 5.41) is 11.1. The Morgan fingerprint density at radius 1 is 1.44 bits per heavy atom. The number of hydrogen-bond acceptors (Lipinski definition) is 3. The second-order valence-corrected chi connectivity index (χ2v) is 4.11. The Hall–Kier alpha value is -2.04. The summed E-state index contributed by atoms with van der Waals surface area (Å²) in [6, 6.07) is 4.58. The van der Waals surface area contributed by atoms with Crippen LogP contribution in [0.5, 0.6) is 5.75 Å². The Kier molecular flexibility index (Phi) is 4.71. The molecule has 5 nitrogen and oxygen atoms in total. The maximum Gasteiger partial charge on any atom is 0.325 e. The van der Waals surface area contributed by atoms with Gasteiger partial charge in [0.2, 0.25) is 5.91 Å². The number of aryl methyl sites for hydroxylation is 1. The summed E-state index contributed by atoms with van der Waals surface area (Å²) in [5.74, 6) is -0.660. The number of carbonyl (C=O) groups is 2. The van der Waals surface area contributed by atoms with Gasteiger partial charge in [-0.05, 0) is 31.0 Å². The van der Waals surface area contributed by atoms with Crippen LogP contribution in [-0.2, 0) is 16.0 Å². The van der Waals surface area contributed by atoms with Crippen LogP contribution in [0.3, 0.4) is 0 Å². The second kappa shape index (κ2) is 6.05. The van der Waals surface area contributed by atoms with Crippen molar-refractivity contribution in [1.82, 2.24) is 5.32 Å². The number of rotatable bonds is 5. The van der Waals surface area contributed by atoms with E-state index >= 15 is 0 Å². The number of nitrogens with one attached hydrogen (secondary N) is 1. The van der Waals surface area contributed by atoms with Crippen molar-refractivity contribution in [2.75, 3.05) is 7.11 Å². The van der Waals surface area contributed by atoms with Crippen molar-refractivity contribution in [3.63, 3.8) is 0 Å². The van der Waals surface area contributed by atoms with Crippen LogP contribution in [0, 0.1) is 6.92 Å². The fourth-order valence-corrected chi connectivity index (χ4v) is 1.51. The van der Waals surface area contributed by atoms with E-state index in [-0.39, 0.29) is 12.3 Å². The second-order valence-electron chi connectivity index (χ2n) is 4.11. The number of ether oxygens (including phenoxy) is 1. The van der Waals surface area contributed by atoms with Gasteiger partial charge in [0.05, 0.1) is 13.5 Å². The number of methoxy groups -OCH3 is 1. The molecule has 1 unspecified atom stereocenters. The number of amides is 1. The van der Waals surface area contributed by atoms with Gasteiger partial charge in [0, 0.05) is 0 Å². The van der Waals surface area contributed by atoms with E-state index < -0.39 is 12.0 Å². The van der Waals surface area contributed by atoms with Crippen LogP contribution >= 0.6 is 0 Å². The first-order valence-electron chi connectivity index (χ1n) is 5.59. The first-order chi connectivity index (χ1) is 8.43. The third-order valence-corrected chi connectivity index (χ3v) is 2.59. The van der Waals surface area contributed by atoms with E-state index in [9.17, 15) is 9.59 Å². The Balaban J connectivity index is 2.67. The largest absolute Gasteiger partial charge is 0.496 e. The van der Waals surface area contributed by atoms with Crippen LogP contribution in [0.25, 0.3) is 0 Å². The predicted molar refractivity (Wildman–Crippen MR) is 66.7 cm³/mol. The van der Waals surface area contributed by atoms with Crippen molar-refractivity contribution in [1.29, 1.82) is 0 Å². The summed E-state index contributed by atoms with van der Waals surface area (Å²) in [4.78, 5) is 22.2. The molecular weight excluding hydrogens is 234 g/mol. The van der Waals surface area contributed by atoms with Gasteiger partial charge in [-0.3, -0.25) is 9.59 Å². The van der Waals surface area contributed by atoms with E-state index in [0.717, 1.165) is 11.1 Å². The van der Waals surface area contributed by atoms with Crippen molar-refractivity contribution in [2.24, 2.45) is 0 Å². The van der Waals surface area contributed by atoms with Crippen LogP contribution in [0.1, 0.15) is 18.1 Å². The zero-order valence-electron chi connectivity index (χ0n) is 10.7. The lowest BCUT2D eigenvalue weighted by atomic mass is 10.1. The van der Waals surface area contributed by atoms with Gasteiger partial charge in [-0.25, -0.2) is 0 Å². The van der Waals surface area contributed by atoms with E-state index in [4.69, 9.17) is 9.84 Å². The van der Waals surface area contributed by atoms with Gasteiger partial charge in [0.25, 0.3) is 0 Å². The van der Waals surface area contributed by atoms with Gasteiger partial charge in [-0.2, -0.15) is 0 Å². The Labute approximate surface area is 106 Å². The average Bonchev–Trinajstić information content (AvgIpc) is 2.31. The summed E-state index contributed by atoms with van der Waals surface area (Å²) in [5.41, 5.74) is 1.77. The van der Waals surface area contributed by atoms with Crippen molar-refractivity contribution < 1.29 is 19.4 Å². The topological polar surface area (TPSA) is 75.6 Å². The fourth-order valence-electron chi connectivity index (χ4n) is 1.51. The molecule has 98 valence electrons. The molecule has 2 N–H and O–H groups in total. The molecule has 0 saturated heterocycles. The highest BCUT2D eigenvalue weighted by Gasteiger charge is 2.14. The summed E-state index contributed by atoms with van der Waals surface area (Å²) in [7, 11) is 1.57. The fraction of sp³-hybridized carbons (Fsp3) is 0.385. The van der Waals surface area contributed by atoms with Crippen molar-refractivity contribution >= 4 is 11.9 Å². The van der Waals surface area contributed by atoms with Gasteiger partial charge in [0.15, 0.2) is 0 Å². The standard InChI is InChI=1S/C13H17NO4/c1-8-4-5-10(6-11(8)18-3)7-12(15)14-9(2)13(16)17/h4-6,9H,7H2,1-3H3,(H,14,15)(H,16,17). The van der Waals surface area contributed by atoms with Gasteiger partial charge >= 0.3 is 5.97 Å². The highest BCUT2D eigenvalue weighted by molar-refractivity contribution is 5.84. The molecule has 0 spiro atoms. The third kappa shape index (κ3) is 3.76. The molecule has 1 amide bonds. The van der Waals surface area contributed by atoms with Gasteiger partial charge in [-0.15, -0.1) is 0 Å². The highest BCUT2D eigenvalue weighted by atomic mass is 16.5. The molecule has 1 aromatic carbocycles. The Morgan fingerprint density at radius 3 is 2.67 bits per heavy atom. The van der Waals surface area contributed by atoms with Crippen molar-refractivity contribution in [3.8, 4) is 5.75 Å². The van der Waals surface area contributed by atoms with Crippen LogP contribution in [0.15, 0.2) is 18.2 Å². The molecule has 0 fully saturated rings. The lowest BCUT2D eigenvalue weighted by Crippen LogP contribution is -2.39. The molecule has 0 aliphatic rings. The minimum Gasteiger partial charge on any atom is -0.496 e. The van der Waals surface area contributed by atoms with Gasteiger partial charge in [0.1, 0.15) is 11.8 Å². The summed E-state index contributed by atoms with van der Waals surface area (Å²) in [6.45, 7) is 3.34. The molecular formula is C13H17NO4. The maximum absolute atomic E-state index is 11.6. The molecule has 0 aromatic heterocycles. The number of carboxylic acids is 1. The zero-order chi connectivity index (χ0) is 13.7. The molecule has 1 atom stereocenters. The smallest absolute Gasteiger partial charge is 0.325 e. The van der Waals surface area contributed by atoms with E-state index in [1.165, 1.54) is 6.92 Å². The minimum atomic E-state index is -1.05. The Morgan fingerprint density at radius 2 is 2.11 bits per heavy atom. The minimum absolute atomic E-state index is 0.133. The number of benzene rings is 1. The summed E-state index contributed by atoms with van der Waals surface area (Å²) in [6.07, 6.45) is 0.133. The monoisotopic (exact) mass is 251 g/mol. The molecule has 0 aliphatic carbocycles. The number of aliphatic carboxylic acids is 1. The highest BCUT2D eigenvalue weighted by Crippen LogP contribution is 2.19. The first-order valence-corrected chi connectivity index (χ1v) is 5.59. The van der Waals surface area contributed by atoms with Crippen molar-refractivity contribution in [2.45, 2.75) is 26.3 Å². The van der Waals surface area contributed by atoms with E-state index in [0.29, 0.717) is 5.75 Å². The molecule has 18 heavy (non-hydrogen) atoms. The number of hydrogen-bond donors (Lipinski definition) is 2. The van der Waals surface area contributed by atoms with E-state index in [1.54, 1.807) is 13.2 Å². The van der Waals surface area contributed by atoms with Crippen molar-refractivity contribution in [3.05, 3.63) is 29.3 Å². The summed E-state index contributed by atoms with van der Waals surface area (Å²) < 4.78 is 5.16. The third-order valence-electron chi connectivity index (χ3n) is 2.59. The number of carboxylic acid groups (broad SMARTS) is 1. The first kappa shape index (κ1) is 14.0. The van der Waals surface area contributed by atoms with Crippen LogP contribution in [-0.4, -0.2) is 30.1 Å². The normalized spacial score (nSPS) is 11.7. The average molecular weight is 251 g/mol. The Bertz CT molecular complexity index is 456. The van der Waals surface area contributed by atoms with Crippen LogP contribution < -0.4 is 10.1 Å². The van der Waals surface area contributed by atoms with Crippen LogP contribution in [0.4, 0.5) is 0 Å². The van der Waals surface area contributed by atoms with Gasteiger partial charge < -0.3 is 15.2 Å². The summed E-state index contributed by atoms with van der Waals surface area (Å²) >= 11 is 0. The lowest BCUT2D eigenvalue weighted by Gasteiger charge is -2.10. The SMILES string of the molecule is COc1cc(CC(=O)NC(C)C(=O)O)ccc1C. The molecule has 5 heteroatoms. The molecule has 0 aliphatic heterocycles. The lowest BCUT2D eigenvalue weighted by molar-refractivity contribution is -0.141. The number of carbonyl (C=O) groups excluding carboxylic acids is 1. The predicted octanol–water partition coefficient (Wildman–Crippen LogP) is 1.14. The maximum atomic E-state index is 11.6. The zero-order valence-corrected chi connectivity index (χ0v) is 10.7. The molecule has 1 aromatic rings. The van der Waals surface area contributed by atoms with E-state index in [1.807, 2.05) is 19.1 Å². The molecule has 0 heterocycles.